The van der Waals surface area contributed by atoms with Gasteiger partial charge in [-0.2, -0.15) is 0 Å². The predicted molar refractivity (Wildman–Crippen MR) is 81.8 cm³/mol. The zero-order chi connectivity index (χ0) is 13.8. The lowest BCUT2D eigenvalue weighted by molar-refractivity contribution is 0.0871. The summed E-state index contributed by atoms with van der Waals surface area (Å²) in [5, 5.41) is 7.28. The van der Waals surface area contributed by atoms with Gasteiger partial charge in [0.05, 0.1) is 6.10 Å². The summed E-state index contributed by atoms with van der Waals surface area (Å²) < 4.78 is 5.75. The summed E-state index contributed by atoms with van der Waals surface area (Å²) in [4.78, 5) is 0. The van der Waals surface area contributed by atoms with Crippen LogP contribution in [0.15, 0.2) is 24.3 Å². The maximum absolute atomic E-state index is 5.75. The fourth-order valence-electron chi connectivity index (χ4n) is 3.49. The Bertz CT molecular complexity index is 435. The van der Waals surface area contributed by atoms with Crippen LogP contribution >= 0.6 is 0 Å². The van der Waals surface area contributed by atoms with Gasteiger partial charge in [0.2, 0.25) is 0 Å². The molecule has 3 rings (SSSR count). The van der Waals surface area contributed by atoms with Crippen LogP contribution < -0.4 is 10.6 Å². The highest BCUT2D eigenvalue weighted by molar-refractivity contribution is 5.29. The zero-order valence-electron chi connectivity index (χ0n) is 12.4. The van der Waals surface area contributed by atoms with Gasteiger partial charge in [0, 0.05) is 32.3 Å². The molecule has 110 valence electrons. The Balaban J connectivity index is 1.44. The SMILES string of the molecule is CCC1OCCC1CNCC1Cc2ccccc2CN1. The summed E-state index contributed by atoms with van der Waals surface area (Å²) in [6, 6.07) is 9.34. The van der Waals surface area contributed by atoms with E-state index in [1.165, 1.54) is 17.5 Å². The Morgan fingerprint density at radius 3 is 2.95 bits per heavy atom. The number of fused-ring (bicyclic) bond motifs is 1. The van der Waals surface area contributed by atoms with Crippen LogP contribution in [-0.4, -0.2) is 31.8 Å². The molecule has 2 heterocycles. The Kier molecular flexibility index (Phi) is 4.71. The Morgan fingerprint density at radius 1 is 1.25 bits per heavy atom. The second-order valence-electron chi connectivity index (χ2n) is 6.08. The number of benzene rings is 1. The van der Waals surface area contributed by atoms with Gasteiger partial charge in [-0.05, 0) is 36.3 Å². The van der Waals surface area contributed by atoms with Crippen LogP contribution in [0.4, 0.5) is 0 Å². The standard InChI is InChI=1S/C17H26N2O/c1-2-17-15(7-8-20-17)10-18-12-16-9-13-5-3-4-6-14(13)11-19-16/h3-6,15-19H,2,7-12H2,1H3. The molecule has 0 radical (unpaired) electrons. The highest BCUT2D eigenvalue weighted by Crippen LogP contribution is 2.22. The third-order valence-electron chi connectivity index (χ3n) is 4.71. The molecule has 20 heavy (non-hydrogen) atoms. The van der Waals surface area contributed by atoms with Crippen LogP contribution in [0, 0.1) is 5.92 Å². The van der Waals surface area contributed by atoms with Gasteiger partial charge < -0.3 is 15.4 Å². The smallest absolute Gasteiger partial charge is 0.0613 e. The molecule has 3 heteroatoms. The predicted octanol–water partition coefficient (Wildman–Crippen LogP) is 2.11. The lowest BCUT2D eigenvalue weighted by Gasteiger charge is -2.27. The van der Waals surface area contributed by atoms with Gasteiger partial charge in [-0.1, -0.05) is 31.2 Å². The van der Waals surface area contributed by atoms with Gasteiger partial charge in [-0.25, -0.2) is 0 Å². The van der Waals surface area contributed by atoms with E-state index in [1.807, 2.05) is 0 Å². The normalized spacial score (nSPS) is 29.4. The molecular weight excluding hydrogens is 248 g/mol. The van der Waals surface area contributed by atoms with Crippen molar-refractivity contribution in [3.8, 4) is 0 Å². The molecule has 0 spiro atoms. The first-order valence-electron chi connectivity index (χ1n) is 7.99. The van der Waals surface area contributed by atoms with Crippen LogP contribution in [0.25, 0.3) is 0 Å². The van der Waals surface area contributed by atoms with Crippen LogP contribution in [0.5, 0.6) is 0 Å². The van der Waals surface area contributed by atoms with E-state index >= 15 is 0 Å². The molecule has 1 fully saturated rings. The number of nitrogens with one attached hydrogen (secondary N) is 2. The van der Waals surface area contributed by atoms with E-state index in [9.17, 15) is 0 Å². The molecule has 3 atom stereocenters. The Hall–Kier alpha value is -0.900. The number of rotatable bonds is 5. The van der Waals surface area contributed by atoms with Crippen molar-refractivity contribution in [3.05, 3.63) is 35.4 Å². The lowest BCUT2D eigenvalue weighted by Crippen LogP contribution is -2.44. The molecule has 3 unspecified atom stereocenters. The molecule has 0 aromatic heterocycles. The average molecular weight is 274 g/mol. The van der Waals surface area contributed by atoms with E-state index in [0.29, 0.717) is 18.1 Å². The second-order valence-corrected chi connectivity index (χ2v) is 6.08. The van der Waals surface area contributed by atoms with Crippen molar-refractivity contribution in [2.24, 2.45) is 5.92 Å². The van der Waals surface area contributed by atoms with Crippen molar-refractivity contribution in [2.45, 2.75) is 44.9 Å². The highest BCUT2D eigenvalue weighted by atomic mass is 16.5. The fourth-order valence-corrected chi connectivity index (χ4v) is 3.49. The molecular formula is C17H26N2O. The minimum atomic E-state index is 0.475. The lowest BCUT2D eigenvalue weighted by atomic mass is 9.95. The average Bonchev–Trinajstić information content (AvgIpc) is 2.95. The summed E-state index contributed by atoms with van der Waals surface area (Å²) >= 11 is 0. The summed E-state index contributed by atoms with van der Waals surface area (Å²) in [7, 11) is 0. The number of hydrogen-bond acceptors (Lipinski definition) is 3. The topological polar surface area (TPSA) is 33.3 Å². The molecule has 1 aromatic carbocycles. The van der Waals surface area contributed by atoms with Gasteiger partial charge in [0.1, 0.15) is 0 Å². The minimum absolute atomic E-state index is 0.475. The monoisotopic (exact) mass is 274 g/mol. The van der Waals surface area contributed by atoms with Gasteiger partial charge in [0.25, 0.3) is 0 Å². The molecule has 0 saturated carbocycles. The van der Waals surface area contributed by atoms with Crippen LogP contribution in [0.3, 0.4) is 0 Å². The van der Waals surface area contributed by atoms with E-state index in [2.05, 4.69) is 41.8 Å². The third-order valence-corrected chi connectivity index (χ3v) is 4.71. The molecule has 1 saturated heterocycles. The maximum atomic E-state index is 5.75. The first kappa shape index (κ1) is 14.1. The zero-order valence-corrected chi connectivity index (χ0v) is 12.4. The molecule has 0 amide bonds. The summed E-state index contributed by atoms with van der Waals surface area (Å²) in [5.74, 6) is 0.705. The summed E-state index contributed by atoms with van der Waals surface area (Å²) in [6.45, 7) is 6.33. The van der Waals surface area contributed by atoms with Crippen molar-refractivity contribution in [1.82, 2.24) is 10.6 Å². The van der Waals surface area contributed by atoms with Crippen molar-refractivity contribution < 1.29 is 4.74 Å². The first-order chi connectivity index (χ1) is 9.86. The number of hydrogen-bond donors (Lipinski definition) is 2. The third kappa shape index (κ3) is 3.22. The van der Waals surface area contributed by atoms with Gasteiger partial charge in [-0.15, -0.1) is 0 Å². The van der Waals surface area contributed by atoms with E-state index in [1.54, 1.807) is 0 Å². The number of ether oxygens (including phenoxy) is 1. The highest BCUT2D eigenvalue weighted by Gasteiger charge is 2.26. The van der Waals surface area contributed by atoms with E-state index in [4.69, 9.17) is 4.74 Å². The maximum Gasteiger partial charge on any atom is 0.0613 e. The van der Waals surface area contributed by atoms with Gasteiger partial charge >= 0.3 is 0 Å². The molecule has 2 N–H and O–H groups in total. The van der Waals surface area contributed by atoms with Gasteiger partial charge in [-0.3, -0.25) is 0 Å². The molecule has 0 aliphatic carbocycles. The second kappa shape index (κ2) is 6.70. The molecule has 0 bridgehead atoms. The van der Waals surface area contributed by atoms with E-state index < -0.39 is 0 Å². The van der Waals surface area contributed by atoms with Crippen molar-refractivity contribution in [2.75, 3.05) is 19.7 Å². The summed E-state index contributed by atoms with van der Waals surface area (Å²) in [5.41, 5.74) is 2.97. The molecule has 3 nitrogen and oxygen atoms in total. The molecule has 2 aliphatic rings. The van der Waals surface area contributed by atoms with E-state index in [-0.39, 0.29) is 0 Å². The quantitative estimate of drug-likeness (QED) is 0.863. The van der Waals surface area contributed by atoms with E-state index in [0.717, 1.165) is 39.1 Å². The fraction of sp³-hybridized carbons (Fsp3) is 0.647. The van der Waals surface area contributed by atoms with Crippen molar-refractivity contribution in [1.29, 1.82) is 0 Å². The minimum Gasteiger partial charge on any atom is -0.378 e. The van der Waals surface area contributed by atoms with Crippen molar-refractivity contribution in [3.63, 3.8) is 0 Å². The van der Waals surface area contributed by atoms with Crippen LogP contribution in [0.1, 0.15) is 30.9 Å². The van der Waals surface area contributed by atoms with Crippen molar-refractivity contribution >= 4 is 0 Å². The Morgan fingerprint density at radius 2 is 2.10 bits per heavy atom. The largest absolute Gasteiger partial charge is 0.378 e. The van der Waals surface area contributed by atoms with Crippen LogP contribution in [0.2, 0.25) is 0 Å². The molecule has 1 aromatic rings. The first-order valence-corrected chi connectivity index (χ1v) is 7.99. The summed E-state index contributed by atoms with van der Waals surface area (Å²) in [6.07, 6.45) is 3.97. The van der Waals surface area contributed by atoms with Gasteiger partial charge in [0.15, 0.2) is 0 Å². The van der Waals surface area contributed by atoms with Crippen LogP contribution in [-0.2, 0) is 17.7 Å². The Labute approximate surface area is 122 Å². The molecule has 2 aliphatic heterocycles.